The van der Waals surface area contributed by atoms with Crippen molar-refractivity contribution in [1.82, 2.24) is 5.43 Å². The maximum Gasteiger partial charge on any atom is 0.151 e. The van der Waals surface area contributed by atoms with Gasteiger partial charge in [0.25, 0.3) is 0 Å². The third-order valence-electron chi connectivity index (χ3n) is 2.55. The van der Waals surface area contributed by atoms with Gasteiger partial charge in [-0.25, -0.2) is 12.8 Å². The first-order valence-corrected chi connectivity index (χ1v) is 6.72. The van der Waals surface area contributed by atoms with Crippen LogP contribution in [0, 0.1) is 5.82 Å². The Kier molecular flexibility index (Phi) is 4.01. The number of nitrogens with two attached hydrogens (primary N) is 1. The average molecular weight is 246 g/mol. The molecule has 4 nitrogen and oxygen atoms in total. The van der Waals surface area contributed by atoms with E-state index in [1.807, 2.05) is 0 Å². The van der Waals surface area contributed by atoms with E-state index in [-0.39, 0.29) is 5.82 Å². The van der Waals surface area contributed by atoms with E-state index in [9.17, 15) is 12.8 Å². The van der Waals surface area contributed by atoms with Crippen LogP contribution in [0.2, 0.25) is 0 Å². The van der Waals surface area contributed by atoms with E-state index in [1.54, 1.807) is 6.92 Å². The molecule has 0 radical (unpaired) electrons. The quantitative estimate of drug-likeness (QED) is 0.608. The van der Waals surface area contributed by atoms with Crippen LogP contribution < -0.4 is 11.3 Å². The first-order chi connectivity index (χ1) is 7.36. The van der Waals surface area contributed by atoms with Crippen molar-refractivity contribution in [3.05, 3.63) is 35.6 Å². The molecule has 0 aliphatic rings. The lowest BCUT2D eigenvalue weighted by Crippen LogP contribution is -2.38. The van der Waals surface area contributed by atoms with Gasteiger partial charge in [-0.3, -0.25) is 11.3 Å². The zero-order valence-electron chi connectivity index (χ0n) is 9.14. The lowest BCUT2D eigenvalue weighted by atomic mass is 10.1. The van der Waals surface area contributed by atoms with E-state index < -0.39 is 21.1 Å². The van der Waals surface area contributed by atoms with Crippen molar-refractivity contribution in [2.75, 3.05) is 6.26 Å². The van der Waals surface area contributed by atoms with Crippen LogP contribution >= 0.6 is 0 Å². The number of rotatable bonds is 4. The molecule has 0 spiro atoms. The summed E-state index contributed by atoms with van der Waals surface area (Å²) < 4.78 is 35.5. The lowest BCUT2D eigenvalue weighted by Gasteiger charge is -2.22. The Morgan fingerprint density at radius 3 is 2.19 bits per heavy atom. The topological polar surface area (TPSA) is 72.2 Å². The van der Waals surface area contributed by atoms with Crippen LogP contribution in [0.4, 0.5) is 4.39 Å². The third-order valence-corrected chi connectivity index (χ3v) is 4.18. The minimum Gasteiger partial charge on any atom is -0.271 e. The molecule has 0 saturated heterocycles. The lowest BCUT2D eigenvalue weighted by molar-refractivity contribution is 0.512. The van der Waals surface area contributed by atoms with Gasteiger partial charge >= 0.3 is 0 Å². The minimum absolute atomic E-state index is 0.369. The Bertz CT molecular complexity index is 444. The van der Waals surface area contributed by atoms with Gasteiger partial charge in [0.1, 0.15) is 5.82 Å². The van der Waals surface area contributed by atoms with Gasteiger partial charge in [0, 0.05) is 6.26 Å². The molecular weight excluding hydrogens is 231 g/mol. The molecule has 1 rings (SSSR count). The molecule has 90 valence electrons. The summed E-state index contributed by atoms with van der Waals surface area (Å²) >= 11 is 0. The van der Waals surface area contributed by atoms with Gasteiger partial charge in [-0.05, 0) is 24.6 Å². The third kappa shape index (κ3) is 3.01. The highest BCUT2D eigenvalue weighted by Crippen LogP contribution is 2.21. The maximum atomic E-state index is 12.7. The van der Waals surface area contributed by atoms with E-state index in [4.69, 9.17) is 5.84 Å². The second-order valence-corrected chi connectivity index (χ2v) is 6.13. The summed E-state index contributed by atoms with van der Waals surface area (Å²) in [7, 11) is -3.21. The predicted octanol–water partition coefficient (Wildman–Crippen LogP) is 0.763. The van der Waals surface area contributed by atoms with Gasteiger partial charge in [0.15, 0.2) is 9.84 Å². The Labute approximate surface area is 94.5 Å². The summed E-state index contributed by atoms with van der Waals surface area (Å²) in [5, 5.41) is -0.678. The van der Waals surface area contributed by atoms with Crippen LogP contribution in [-0.4, -0.2) is 19.9 Å². The zero-order chi connectivity index (χ0) is 12.3. The highest BCUT2D eigenvalue weighted by Gasteiger charge is 2.26. The molecule has 0 bridgehead atoms. The second-order valence-electron chi connectivity index (χ2n) is 3.73. The number of benzene rings is 1. The normalized spacial score (nSPS) is 15.8. The van der Waals surface area contributed by atoms with Crippen LogP contribution in [-0.2, 0) is 9.84 Å². The minimum atomic E-state index is -3.21. The van der Waals surface area contributed by atoms with E-state index in [1.165, 1.54) is 24.3 Å². The van der Waals surface area contributed by atoms with Gasteiger partial charge in [-0.2, -0.15) is 0 Å². The van der Waals surface area contributed by atoms with Crippen molar-refractivity contribution in [3.63, 3.8) is 0 Å². The molecule has 1 aromatic rings. The molecule has 16 heavy (non-hydrogen) atoms. The largest absolute Gasteiger partial charge is 0.271 e. The SMILES string of the molecule is CC(C(NN)c1ccc(F)cc1)S(C)(=O)=O. The fourth-order valence-electron chi connectivity index (χ4n) is 1.42. The number of hydrazine groups is 1. The van der Waals surface area contributed by atoms with Gasteiger partial charge in [-0.1, -0.05) is 12.1 Å². The van der Waals surface area contributed by atoms with Crippen LogP contribution in [0.5, 0.6) is 0 Å². The molecular formula is C10H15FN2O2S. The number of halogens is 1. The van der Waals surface area contributed by atoms with Crippen molar-refractivity contribution < 1.29 is 12.8 Å². The highest BCUT2D eigenvalue weighted by molar-refractivity contribution is 7.91. The van der Waals surface area contributed by atoms with E-state index in [0.717, 1.165) is 6.26 Å². The van der Waals surface area contributed by atoms with Crippen molar-refractivity contribution in [2.24, 2.45) is 5.84 Å². The molecule has 2 atom stereocenters. The summed E-state index contributed by atoms with van der Waals surface area (Å²) in [6, 6.07) is 5.03. The van der Waals surface area contributed by atoms with Crippen LogP contribution in [0.15, 0.2) is 24.3 Å². The Morgan fingerprint density at radius 2 is 1.81 bits per heavy atom. The molecule has 6 heteroatoms. The fraction of sp³-hybridized carbons (Fsp3) is 0.400. The molecule has 0 aliphatic heterocycles. The molecule has 3 N–H and O–H groups in total. The number of hydrogen-bond donors (Lipinski definition) is 2. The van der Waals surface area contributed by atoms with E-state index in [2.05, 4.69) is 5.43 Å². The van der Waals surface area contributed by atoms with Crippen LogP contribution in [0.25, 0.3) is 0 Å². The summed E-state index contributed by atoms with van der Waals surface area (Å²) in [5.74, 6) is 4.96. The maximum absolute atomic E-state index is 12.7. The molecule has 2 unspecified atom stereocenters. The molecule has 0 aromatic heterocycles. The molecule has 0 aliphatic carbocycles. The van der Waals surface area contributed by atoms with Crippen LogP contribution in [0.3, 0.4) is 0 Å². The van der Waals surface area contributed by atoms with Crippen LogP contribution in [0.1, 0.15) is 18.5 Å². The van der Waals surface area contributed by atoms with E-state index in [0.29, 0.717) is 5.56 Å². The van der Waals surface area contributed by atoms with Crippen molar-refractivity contribution in [2.45, 2.75) is 18.2 Å². The average Bonchev–Trinajstić information content (AvgIpc) is 2.20. The van der Waals surface area contributed by atoms with E-state index >= 15 is 0 Å². The summed E-state index contributed by atoms with van der Waals surface area (Å²) in [5.41, 5.74) is 3.08. The Balaban J connectivity index is 3.03. The summed E-state index contributed by atoms with van der Waals surface area (Å²) in [6.07, 6.45) is 1.14. The molecule has 0 amide bonds. The molecule has 1 aromatic carbocycles. The molecule has 0 fully saturated rings. The standard InChI is InChI=1S/C10H15FN2O2S/c1-7(16(2,14)15)10(13-12)8-3-5-9(11)6-4-8/h3-7,10,13H,12H2,1-2H3. The fourth-order valence-corrected chi connectivity index (χ4v) is 2.15. The van der Waals surface area contributed by atoms with Crippen molar-refractivity contribution in [1.29, 1.82) is 0 Å². The first kappa shape index (κ1) is 13.1. The van der Waals surface area contributed by atoms with Crippen molar-refractivity contribution >= 4 is 9.84 Å². The second kappa shape index (κ2) is 4.90. The monoisotopic (exact) mass is 246 g/mol. The number of hydrogen-bond acceptors (Lipinski definition) is 4. The smallest absolute Gasteiger partial charge is 0.151 e. The molecule has 0 saturated carbocycles. The zero-order valence-corrected chi connectivity index (χ0v) is 9.96. The van der Waals surface area contributed by atoms with Gasteiger partial charge in [0.2, 0.25) is 0 Å². The first-order valence-electron chi connectivity index (χ1n) is 4.76. The van der Waals surface area contributed by atoms with Gasteiger partial charge < -0.3 is 0 Å². The van der Waals surface area contributed by atoms with Gasteiger partial charge in [0.05, 0.1) is 11.3 Å². The van der Waals surface area contributed by atoms with Gasteiger partial charge in [-0.15, -0.1) is 0 Å². The number of sulfone groups is 1. The highest BCUT2D eigenvalue weighted by atomic mass is 32.2. The predicted molar refractivity (Wildman–Crippen MR) is 60.8 cm³/mol. The Morgan fingerprint density at radius 1 is 1.31 bits per heavy atom. The summed E-state index contributed by atoms with van der Waals surface area (Å²) in [6.45, 7) is 1.56. The number of nitrogens with one attached hydrogen (secondary N) is 1. The Hall–Kier alpha value is -0.980. The van der Waals surface area contributed by atoms with Crippen molar-refractivity contribution in [3.8, 4) is 0 Å². The molecule has 0 heterocycles. The summed E-state index contributed by atoms with van der Waals surface area (Å²) in [4.78, 5) is 0.